The lowest BCUT2D eigenvalue weighted by Crippen LogP contribution is -2.54. The molecule has 4 rings (SSSR count). The number of nitrogens with one attached hydrogen (secondary N) is 2. The molecule has 1 fully saturated rings. The molecule has 0 aliphatic carbocycles. The minimum atomic E-state index is 0.233. The third-order valence-electron chi connectivity index (χ3n) is 5.55. The van der Waals surface area contributed by atoms with Crippen LogP contribution in [0.1, 0.15) is 46.2 Å². The molecular formula is C23H34N8O. The van der Waals surface area contributed by atoms with E-state index < -0.39 is 0 Å². The molecule has 0 saturated carbocycles. The van der Waals surface area contributed by atoms with E-state index >= 15 is 0 Å². The molecule has 1 aliphatic heterocycles. The van der Waals surface area contributed by atoms with Gasteiger partial charge in [0, 0.05) is 38.0 Å². The zero-order chi connectivity index (χ0) is 22.7. The number of fused-ring (bicyclic) bond motifs is 1. The summed E-state index contributed by atoms with van der Waals surface area (Å²) in [6, 6.07) is 6.53. The van der Waals surface area contributed by atoms with Gasteiger partial charge in [-0.1, -0.05) is 19.9 Å². The minimum Gasteiger partial charge on any atom is -0.380 e. The molecule has 4 heterocycles. The van der Waals surface area contributed by atoms with Gasteiger partial charge in [0.05, 0.1) is 18.8 Å². The van der Waals surface area contributed by atoms with Crippen LogP contribution in [0.3, 0.4) is 0 Å². The molecule has 0 bridgehead atoms. The Bertz CT molecular complexity index is 1030. The normalized spacial score (nSPS) is 19.1. The highest BCUT2D eigenvalue weighted by molar-refractivity contribution is 5.90. The smallest absolute Gasteiger partial charge is 0.228 e. The molecule has 0 radical (unpaired) electrons. The highest BCUT2D eigenvalue weighted by Gasteiger charge is 2.26. The third-order valence-corrected chi connectivity index (χ3v) is 5.55. The summed E-state index contributed by atoms with van der Waals surface area (Å²) >= 11 is 0. The SMILES string of the molecule is CCOCCn1nc(C(C)C)c2nc(N3C[C@@H](C)N[C@H](C)C3)nc(Nc3ccccn3)c21. The number of ether oxygens (including phenoxy) is 1. The Balaban J connectivity index is 1.84. The molecule has 0 amide bonds. The summed E-state index contributed by atoms with van der Waals surface area (Å²) in [6.45, 7) is 14.3. The van der Waals surface area contributed by atoms with Gasteiger partial charge < -0.3 is 20.3 Å². The molecule has 2 N–H and O–H groups in total. The maximum atomic E-state index is 5.61. The van der Waals surface area contributed by atoms with Crippen molar-refractivity contribution < 1.29 is 4.74 Å². The second kappa shape index (κ2) is 9.79. The second-order valence-electron chi connectivity index (χ2n) is 8.74. The van der Waals surface area contributed by atoms with Crippen LogP contribution in [0, 0.1) is 0 Å². The fourth-order valence-corrected chi connectivity index (χ4v) is 4.22. The summed E-state index contributed by atoms with van der Waals surface area (Å²) in [7, 11) is 0. The van der Waals surface area contributed by atoms with Crippen LogP contribution < -0.4 is 15.5 Å². The number of pyridine rings is 1. The van der Waals surface area contributed by atoms with E-state index in [0.29, 0.717) is 31.8 Å². The van der Waals surface area contributed by atoms with Crippen LogP contribution in [0.5, 0.6) is 0 Å². The number of hydrogen-bond acceptors (Lipinski definition) is 8. The lowest BCUT2D eigenvalue weighted by molar-refractivity contribution is 0.137. The molecule has 9 heteroatoms. The highest BCUT2D eigenvalue weighted by atomic mass is 16.5. The number of nitrogens with zero attached hydrogens (tertiary/aromatic N) is 6. The lowest BCUT2D eigenvalue weighted by atomic mass is 10.1. The van der Waals surface area contributed by atoms with Gasteiger partial charge in [0.1, 0.15) is 16.9 Å². The Morgan fingerprint density at radius 3 is 2.62 bits per heavy atom. The molecule has 172 valence electrons. The van der Waals surface area contributed by atoms with Gasteiger partial charge in [-0.3, -0.25) is 4.68 Å². The Kier molecular flexibility index (Phi) is 6.86. The number of aromatic nitrogens is 5. The summed E-state index contributed by atoms with van der Waals surface area (Å²) in [6.07, 6.45) is 1.77. The molecule has 32 heavy (non-hydrogen) atoms. The van der Waals surface area contributed by atoms with Crippen LogP contribution in [0.4, 0.5) is 17.6 Å². The zero-order valence-electron chi connectivity index (χ0n) is 19.7. The van der Waals surface area contributed by atoms with Crippen LogP contribution in [-0.4, -0.2) is 63.1 Å². The molecular weight excluding hydrogens is 404 g/mol. The maximum Gasteiger partial charge on any atom is 0.228 e. The topological polar surface area (TPSA) is 93.0 Å². The number of anilines is 3. The standard InChI is InChI=1S/C23H34N8O/c1-6-32-12-11-31-21-20(19(29-31)15(2)3)27-23(30-13-16(4)25-17(5)14-30)28-22(21)26-18-9-7-8-10-24-18/h7-10,15-17,25H,6,11-14H2,1-5H3,(H,24,26,27,28)/t16-,17-/m1/s1. The van der Waals surface area contributed by atoms with Crippen molar-refractivity contribution in [3.63, 3.8) is 0 Å². The summed E-state index contributed by atoms with van der Waals surface area (Å²) in [5.74, 6) is 2.42. The first-order valence-electron chi connectivity index (χ1n) is 11.5. The van der Waals surface area contributed by atoms with E-state index in [4.69, 9.17) is 19.8 Å². The van der Waals surface area contributed by atoms with Crippen LogP contribution in [0.25, 0.3) is 11.0 Å². The lowest BCUT2D eigenvalue weighted by Gasteiger charge is -2.36. The van der Waals surface area contributed by atoms with Crippen molar-refractivity contribution >= 4 is 28.6 Å². The Morgan fingerprint density at radius 2 is 1.97 bits per heavy atom. The van der Waals surface area contributed by atoms with E-state index in [2.05, 4.69) is 48.2 Å². The summed E-state index contributed by atoms with van der Waals surface area (Å²) in [5.41, 5.74) is 2.75. The van der Waals surface area contributed by atoms with Crippen molar-refractivity contribution in [2.75, 3.05) is 36.5 Å². The Hall–Kier alpha value is -2.78. The predicted octanol–water partition coefficient (Wildman–Crippen LogP) is 3.31. The van der Waals surface area contributed by atoms with Crippen molar-refractivity contribution in [2.45, 2.75) is 59.2 Å². The van der Waals surface area contributed by atoms with Gasteiger partial charge in [-0.25, -0.2) is 9.97 Å². The predicted molar refractivity (Wildman–Crippen MR) is 128 cm³/mol. The quantitative estimate of drug-likeness (QED) is 0.518. The monoisotopic (exact) mass is 438 g/mol. The van der Waals surface area contributed by atoms with E-state index in [9.17, 15) is 0 Å². The molecule has 3 aromatic rings. The average Bonchev–Trinajstić information content (AvgIpc) is 3.13. The van der Waals surface area contributed by atoms with Crippen molar-refractivity contribution in [2.24, 2.45) is 0 Å². The summed E-state index contributed by atoms with van der Waals surface area (Å²) < 4.78 is 7.58. The molecule has 0 aromatic carbocycles. The average molecular weight is 439 g/mol. The van der Waals surface area contributed by atoms with Crippen LogP contribution in [0.15, 0.2) is 24.4 Å². The number of hydrogen-bond donors (Lipinski definition) is 2. The van der Waals surface area contributed by atoms with Crippen molar-refractivity contribution in [1.29, 1.82) is 0 Å². The number of piperazine rings is 1. The highest BCUT2D eigenvalue weighted by Crippen LogP contribution is 2.31. The second-order valence-corrected chi connectivity index (χ2v) is 8.74. The fraction of sp³-hybridized carbons (Fsp3) is 0.565. The van der Waals surface area contributed by atoms with Gasteiger partial charge in [-0.05, 0) is 38.8 Å². The molecule has 2 atom stereocenters. The Morgan fingerprint density at radius 1 is 1.19 bits per heavy atom. The van der Waals surface area contributed by atoms with Crippen molar-refractivity contribution in [1.82, 2.24) is 30.0 Å². The first-order chi connectivity index (χ1) is 15.5. The molecule has 1 saturated heterocycles. The van der Waals surface area contributed by atoms with Gasteiger partial charge in [0.25, 0.3) is 0 Å². The van der Waals surface area contributed by atoms with Gasteiger partial charge >= 0.3 is 0 Å². The molecule has 0 spiro atoms. The van der Waals surface area contributed by atoms with Crippen LogP contribution in [-0.2, 0) is 11.3 Å². The van der Waals surface area contributed by atoms with E-state index in [-0.39, 0.29) is 5.92 Å². The van der Waals surface area contributed by atoms with Gasteiger partial charge in [-0.15, -0.1) is 0 Å². The van der Waals surface area contributed by atoms with Crippen molar-refractivity contribution in [3.05, 3.63) is 30.1 Å². The summed E-state index contributed by atoms with van der Waals surface area (Å²) in [5, 5.41) is 11.9. The van der Waals surface area contributed by atoms with E-state index in [1.165, 1.54) is 0 Å². The van der Waals surface area contributed by atoms with E-state index in [1.807, 2.05) is 29.8 Å². The van der Waals surface area contributed by atoms with Gasteiger partial charge in [-0.2, -0.15) is 10.1 Å². The van der Waals surface area contributed by atoms with E-state index in [1.54, 1.807) is 6.20 Å². The zero-order valence-corrected chi connectivity index (χ0v) is 19.7. The third kappa shape index (κ3) is 4.83. The molecule has 0 unspecified atom stereocenters. The van der Waals surface area contributed by atoms with Crippen LogP contribution in [0.2, 0.25) is 0 Å². The maximum absolute atomic E-state index is 5.61. The van der Waals surface area contributed by atoms with Crippen molar-refractivity contribution in [3.8, 4) is 0 Å². The first kappa shape index (κ1) is 22.4. The fourth-order valence-electron chi connectivity index (χ4n) is 4.22. The minimum absolute atomic E-state index is 0.233. The first-order valence-corrected chi connectivity index (χ1v) is 11.5. The van der Waals surface area contributed by atoms with E-state index in [0.717, 1.165) is 47.4 Å². The molecule has 3 aromatic heterocycles. The summed E-state index contributed by atoms with van der Waals surface area (Å²) in [4.78, 5) is 16.7. The van der Waals surface area contributed by atoms with Gasteiger partial charge in [0.2, 0.25) is 5.95 Å². The van der Waals surface area contributed by atoms with Crippen LogP contribution >= 0.6 is 0 Å². The number of rotatable bonds is 8. The Labute approximate surface area is 189 Å². The molecule has 9 nitrogen and oxygen atoms in total. The van der Waals surface area contributed by atoms with Gasteiger partial charge in [0.15, 0.2) is 5.82 Å². The molecule has 1 aliphatic rings. The largest absolute Gasteiger partial charge is 0.380 e.